The molecule has 0 fully saturated rings. The van der Waals surface area contributed by atoms with Gasteiger partial charge in [-0.2, -0.15) is 0 Å². The second-order valence-electron chi connectivity index (χ2n) is 2.99. The van der Waals surface area contributed by atoms with Crippen LogP contribution >= 0.6 is 23.2 Å². The summed E-state index contributed by atoms with van der Waals surface area (Å²) >= 11 is 11.5. The molecule has 1 aromatic rings. The number of aliphatic hydroxyl groups is 1. The predicted octanol–water partition coefficient (Wildman–Crippen LogP) is 2.70. The van der Waals surface area contributed by atoms with E-state index in [1.165, 1.54) is 0 Å². The van der Waals surface area contributed by atoms with Gasteiger partial charge in [0.1, 0.15) is 5.15 Å². The lowest BCUT2D eigenvalue weighted by atomic mass is 10.1. The molecule has 0 radical (unpaired) electrons. The highest BCUT2D eigenvalue weighted by Gasteiger charge is 2.03. The second-order valence-corrected chi connectivity index (χ2v) is 3.78. The van der Waals surface area contributed by atoms with Crippen molar-refractivity contribution in [3.63, 3.8) is 0 Å². The minimum absolute atomic E-state index is 0.313. The van der Waals surface area contributed by atoms with E-state index < -0.39 is 0 Å². The molecule has 0 spiro atoms. The summed E-state index contributed by atoms with van der Waals surface area (Å²) in [7, 11) is 0. The van der Waals surface area contributed by atoms with Crippen LogP contribution < -0.4 is 0 Å². The lowest BCUT2D eigenvalue weighted by Gasteiger charge is -2.05. The fraction of sp³-hybridized carbons (Fsp3) is 0.444. The molecule has 0 aliphatic carbocycles. The van der Waals surface area contributed by atoms with Crippen LogP contribution in [0.15, 0.2) is 12.3 Å². The van der Waals surface area contributed by atoms with E-state index in [2.05, 4.69) is 4.98 Å². The van der Waals surface area contributed by atoms with Gasteiger partial charge in [0.15, 0.2) is 0 Å². The lowest BCUT2D eigenvalue weighted by Crippen LogP contribution is -2.02. The van der Waals surface area contributed by atoms with Crippen molar-refractivity contribution < 1.29 is 5.11 Å². The molecule has 0 amide bonds. The van der Waals surface area contributed by atoms with Gasteiger partial charge in [-0.15, -0.1) is 0 Å². The standard InChI is InChI=1S/C9H11Cl2NO/c1-6(13)2-3-7-5-12-9(11)4-8(7)10/h4-6,13H,2-3H2,1H3/t6-/m0/s1. The van der Waals surface area contributed by atoms with Crippen LogP contribution in [-0.2, 0) is 6.42 Å². The van der Waals surface area contributed by atoms with Gasteiger partial charge < -0.3 is 5.11 Å². The molecule has 0 saturated heterocycles. The summed E-state index contributed by atoms with van der Waals surface area (Å²) < 4.78 is 0. The van der Waals surface area contributed by atoms with Crippen LogP contribution in [0.1, 0.15) is 18.9 Å². The zero-order chi connectivity index (χ0) is 9.84. The lowest BCUT2D eigenvalue weighted by molar-refractivity contribution is 0.185. The summed E-state index contributed by atoms with van der Waals surface area (Å²) in [4.78, 5) is 3.92. The number of nitrogens with zero attached hydrogens (tertiary/aromatic N) is 1. The number of rotatable bonds is 3. The Balaban J connectivity index is 2.67. The van der Waals surface area contributed by atoms with E-state index in [-0.39, 0.29) is 6.10 Å². The van der Waals surface area contributed by atoms with Gasteiger partial charge in [0, 0.05) is 11.2 Å². The third-order valence-electron chi connectivity index (χ3n) is 1.73. The Morgan fingerprint density at radius 1 is 1.54 bits per heavy atom. The highest BCUT2D eigenvalue weighted by molar-refractivity contribution is 6.34. The molecule has 1 heterocycles. The number of aryl methyl sites for hydroxylation is 1. The summed E-state index contributed by atoms with van der Waals surface area (Å²) in [6, 6.07) is 1.61. The smallest absolute Gasteiger partial charge is 0.130 e. The van der Waals surface area contributed by atoms with Crippen LogP contribution in [-0.4, -0.2) is 16.2 Å². The first-order valence-electron chi connectivity index (χ1n) is 4.07. The van der Waals surface area contributed by atoms with Gasteiger partial charge in [0.25, 0.3) is 0 Å². The molecule has 2 nitrogen and oxygen atoms in total. The zero-order valence-electron chi connectivity index (χ0n) is 7.30. The average molecular weight is 220 g/mol. The fourth-order valence-electron chi connectivity index (χ4n) is 0.984. The first kappa shape index (κ1) is 10.8. The summed E-state index contributed by atoms with van der Waals surface area (Å²) in [6.07, 6.45) is 2.74. The van der Waals surface area contributed by atoms with E-state index in [0.29, 0.717) is 16.6 Å². The van der Waals surface area contributed by atoms with Gasteiger partial charge in [0.2, 0.25) is 0 Å². The minimum atomic E-state index is -0.313. The van der Waals surface area contributed by atoms with Crippen molar-refractivity contribution in [1.29, 1.82) is 0 Å². The topological polar surface area (TPSA) is 33.1 Å². The normalized spacial score (nSPS) is 12.9. The largest absolute Gasteiger partial charge is 0.393 e. The predicted molar refractivity (Wildman–Crippen MR) is 54.3 cm³/mol. The van der Waals surface area contributed by atoms with Crippen LogP contribution in [0, 0.1) is 0 Å². The summed E-state index contributed by atoms with van der Waals surface area (Å²) in [5.41, 5.74) is 0.923. The third kappa shape index (κ3) is 3.51. The first-order chi connectivity index (χ1) is 6.09. The van der Waals surface area contributed by atoms with E-state index in [0.717, 1.165) is 12.0 Å². The molecule has 0 bridgehead atoms. The van der Waals surface area contributed by atoms with Crippen molar-refractivity contribution in [2.24, 2.45) is 0 Å². The Labute approximate surface area is 87.5 Å². The molecule has 0 aliphatic rings. The molecule has 1 N–H and O–H groups in total. The maximum Gasteiger partial charge on any atom is 0.130 e. The Morgan fingerprint density at radius 3 is 2.77 bits per heavy atom. The van der Waals surface area contributed by atoms with Crippen LogP contribution in [0.5, 0.6) is 0 Å². The second kappa shape index (κ2) is 4.80. The van der Waals surface area contributed by atoms with Crippen molar-refractivity contribution >= 4 is 23.2 Å². The Hall–Kier alpha value is -0.310. The quantitative estimate of drug-likeness (QED) is 0.794. The highest BCUT2D eigenvalue weighted by atomic mass is 35.5. The number of pyridine rings is 1. The number of halogens is 2. The van der Waals surface area contributed by atoms with Crippen LogP contribution in [0.25, 0.3) is 0 Å². The molecular weight excluding hydrogens is 209 g/mol. The molecule has 4 heteroatoms. The summed E-state index contributed by atoms with van der Waals surface area (Å²) in [5.74, 6) is 0. The Kier molecular flexibility index (Phi) is 3.97. The van der Waals surface area contributed by atoms with Gasteiger partial charge in [-0.05, 0) is 31.4 Å². The average Bonchev–Trinajstić information content (AvgIpc) is 2.02. The fourth-order valence-corrected chi connectivity index (χ4v) is 1.44. The molecule has 0 aromatic carbocycles. The SMILES string of the molecule is C[C@H](O)CCc1cnc(Cl)cc1Cl. The van der Waals surface area contributed by atoms with Gasteiger partial charge in [-0.25, -0.2) is 4.98 Å². The highest BCUT2D eigenvalue weighted by Crippen LogP contribution is 2.20. The Bertz CT molecular complexity index is 289. The molecule has 0 saturated carbocycles. The van der Waals surface area contributed by atoms with Crippen molar-refractivity contribution in [2.45, 2.75) is 25.9 Å². The van der Waals surface area contributed by atoms with Crippen LogP contribution in [0.3, 0.4) is 0 Å². The maximum absolute atomic E-state index is 9.07. The number of hydrogen-bond acceptors (Lipinski definition) is 2. The summed E-state index contributed by atoms with van der Waals surface area (Å²) in [5, 5.41) is 10.1. The van der Waals surface area contributed by atoms with Gasteiger partial charge in [0.05, 0.1) is 6.10 Å². The van der Waals surface area contributed by atoms with Crippen molar-refractivity contribution in [3.8, 4) is 0 Å². The molecular formula is C9H11Cl2NO. The molecule has 72 valence electrons. The minimum Gasteiger partial charge on any atom is -0.393 e. The first-order valence-corrected chi connectivity index (χ1v) is 4.83. The van der Waals surface area contributed by atoms with E-state index in [4.69, 9.17) is 28.3 Å². The molecule has 0 aliphatic heterocycles. The van der Waals surface area contributed by atoms with Gasteiger partial charge >= 0.3 is 0 Å². The van der Waals surface area contributed by atoms with Gasteiger partial charge in [-0.3, -0.25) is 0 Å². The molecule has 1 atom stereocenters. The Morgan fingerprint density at radius 2 is 2.23 bits per heavy atom. The number of aromatic nitrogens is 1. The van der Waals surface area contributed by atoms with Gasteiger partial charge in [-0.1, -0.05) is 23.2 Å². The molecule has 1 rings (SSSR count). The maximum atomic E-state index is 9.07. The summed E-state index contributed by atoms with van der Waals surface area (Å²) in [6.45, 7) is 1.75. The molecule has 1 aromatic heterocycles. The van der Waals surface area contributed by atoms with Crippen molar-refractivity contribution in [2.75, 3.05) is 0 Å². The molecule has 0 unspecified atom stereocenters. The van der Waals surface area contributed by atoms with Crippen LogP contribution in [0.4, 0.5) is 0 Å². The van der Waals surface area contributed by atoms with E-state index >= 15 is 0 Å². The van der Waals surface area contributed by atoms with E-state index in [1.807, 2.05) is 0 Å². The third-order valence-corrected chi connectivity index (χ3v) is 2.29. The number of hydrogen-bond donors (Lipinski definition) is 1. The monoisotopic (exact) mass is 219 g/mol. The van der Waals surface area contributed by atoms with Crippen molar-refractivity contribution in [3.05, 3.63) is 28.0 Å². The number of aliphatic hydroxyl groups excluding tert-OH is 1. The zero-order valence-corrected chi connectivity index (χ0v) is 8.81. The molecule has 13 heavy (non-hydrogen) atoms. The van der Waals surface area contributed by atoms with Crippen molar-refractivity contribution in [1.82, 2.24) is 4.98 Å². The van der Waals surface area contributed by atoms with Crippen LogP contribution in [0.2, 0.25) is 10.2 Å². The van der Waals surface area contributed by atoms with E-state index in [1.54, 1.807) is 19.2 Å². The van der Waals surface area contributed by atoms with E-state index in [9.17, 15) is 0 Å².